The number of nitrogens with one attached hydrogen (secondary N) is 1. The average Bonchev–Trinajstić information content (AvgIpc) is 2.85. The molecule has 21 heavy (non-hydrogen) atoms. The Balaban J connectivity index is 1.92. The Kier molecular flexibility index (Phi) is 5.49. The third-order valence-corrected chi connectivity index (χ3v) is 4.36. The molecule has 0 saturated carbocycles. The van der Waals surface area contributed by atoms with Gasteiger partial charge >= 0.3 is 0 Å². The van der Waals surface area contributed by atoms with Crippen LogP contribution in [0.25, 0.3) is 0 Å². The van der Waals surface area contributed by atoms with Crippen LogP contribution < -0.4 is 10.1 Å². The van der Waals surface area contributed by atoms with Crippen LogP contribution in [-0.4, -0.2) is 10.5 Å². The van der Waals surface area contributed by atoms with Crippen LogP contribution in [0.4, 0.5) is 0 Å². The third kappa shape index (κ3) is 5.15. The fraction of sp³-hybridized carbons (Fsp3) is 0.400. The first-order chi connectivity index (χ1) is 9.85. The number of hydrogen-bond acceptors (Lipinski definition) is 4. The van der Waals surface area contributed by atoms with Crippen LogP contribution >= 0.6 is 34.5 Å². The third-order valence-electron chi connectivity index (χ3n) is 2.66. The predicted molar refractivity (Wildman–Crippen MR) is 89.5 cm³/mol. The molecule has 0 atom stereocenters. The number of halogens is 2. The number of ether oxygens (including phenoxy) is 1. The van der Waals surface area contributed by atoms with Crippen LogP contribution in [0.1, 0.15) is 31.5 Å². The molecule has 0 amide bonds. The molecule has 0 radical (unpaired) electrons. The van der Waals surface area contributed by atoms with Gasteiger partial charge in [-0.1, -0.05) is 29.3 Å². The molecule has 1 aromatic carbocycles. The molecule has 0 saturated heterocycles. The molecule has 0 spiro atoms. The van der Waals surface area contributed by atoms with Gasteiger partial charge in [0.15, 0.2) is 0 Å². The van der Waals surface area contributed by atoms with Gasteiger partial charge in [-0.2, -0.15) is 0 Å². The van der Waals surface area contributed by atoms with Crippen molar-refractivity contribution in [3.05, 3.63) is 44.3 Å². The molecule has 3 nitrogen and oxygen atoms in total. The first kappa shape index (κ1) is 16.6. The maximum Gasteiger partial charge on any atom is 0.140 e. The lowest BCUT2D eigenvalue weighted by Gasteiger charge is -2.19. The van der Waals surface area contributed by atoms with E-state index >= 15 is 0 Å². The summed E-state index contributed by atoms with van der Waals surface area (Å²) in [6, 6.07) is 5.34. The number of rotatable bonds is 5. The normalized spacial score (nSPS) is 11.7. The molecule has 114 valence electrons. The van der Waals surface area contributed by atoms with Gasteiger partial charge in [0.2, 0.25) is 0 Å². The first-order valence-electron chi connectivity index (χ1n) is 6.60. The number of nitrogens with zero attached hydrogens (tertiary/aromatic N) is 1. The molecule has 2 rings (SSSR count). The quantitative estimate of drug-likeness (QED) is 0.835. The maximum absolute atomic E-state index is 6.08. The molecule has 0 bridgehead atoms. The molecule has 1 N–H and O–H groups in total. The van der Waals surface area contributed by atoms with Gasteiger partial charge in [0, 0.05) is 17.5 Å². The number of thiazole rings is 1. The lowest BCUT2D eigenvalue weighted by atomic mass is 10.1. The van der Waals surface area contributed by atoms with Crippen LogP contribution in [0, 0.1) is 0 Å². The van der Waals surface area contributed by atoms with Gasteiger partial charge in [-0.3, -0.25) is 0 Å². The van der Waals surface area contributed by atoms with Gasteiger partial charge in [-0.25, -0.2) is 4.98 Å². The van der Waals surface area contributed by atoms with Crippen molar-refractivity contribution in [3.8, 4) is 5.75 Å². The smallest absolute Gasteiger partial charge is 0.140 e. The highest BCUT2D eigenvalue weighted by molar-refractivity contribution is 7.09. The van der Waals surface area contributed by atoms with E-state index in [9.17, 15) is 0 Å². The van der Waals surface area contributed by atoms with E-state index in [4.69, 9.17) is 27.9 Å². The molecule has 0 aliphatic heterocycles. The van der Waals surface area contributed by atoms with E-state index in [0.29, 0.717) is 22.4 Å². The van der Waals surface area contributed by atoms with Gasteiger partial charge in [0.05, 0.1) is 10.7 Å². The van der Waals surface area contributed by atoms with E-state index in [1.807, 2.05) is 11.4 Å². The lowest BCUT2D eigenvalue weighted by molar-refractivity contribution is 0.302. The van der Waals surface area contributed by atoms with Crippen molar-refractivity contribution in [2.45, 2.75) is 39.5 Å². The summed E-state index contributed by atoms with van der Waals surface area (Å²) in [6.07, 6.45) is 0. The van der Waals surface area contributed by atoms with Crippen molar-refractivity contribution in [1.29, 1.82) is 0 Å². The second kappa shape index (κ2) is 6.97. The van der Waals surface area contributed by atoms with Crippen molar-refractivity contribution in [3.63, 3.8) is 0 Å². The van der Waals surface area contributed by atoms with Crippen LogP contribution in [0.2, 0.25) is 10.0 Å². The Hall–Kier alpha value is -0.810. The summed E-state index contributed by atoms with van der Waals surface area (Å²) in [6.45, 7) is 7.53. The molecule has 6 heteroatoms. The van der Waals surface area contributed by atoms with Gasteiger partial charge in [-0.05, 0) is 32.9 Å². The topological polar surface area (TPSA) is 34.2 Å². The molecular weight excluding hydrogens is 327 g/mol. The summed E-state index contributed by atoms with van der Waals surface area (Å²) in [4.78, 5) is 4.54. The SMILES string of the molecule is CC(C)(C)NCc1nc(COc2cccc(Cl)c2Cl)cs1. The lowest BCUT2D eigenvalue weighted by Crippen LogP contribution is -2.35. The monoisotopic (exact) mass is 344 g/mol. The highest BCUT2D eigenvalue weighted by Crippen LogP contribution is 2.31. The minimum atomic E-state index is 0.0800. The summed E-state index contributed by atoms with van der Waals surface area (Å²) in [5.41, 5.74) is 0.971. The van der Waals surface area contributed by atoms with Crippen LogP contribution in [-0.2, 0) is 13.2 Å². The first-order valence-corrected chi connectivity index (χ1v) is 8.24. The van der Waals surface area contributed by atoms with Gasteiger partial charge in [-0.15, -0.1) is 11.3 Å². The highest BCUT2D eigenvalue weighted by Gasteiger charge is 2.11. The molecule has 0 aliphatic rings. The van der Waals surface area contributed by atoms with Crippen molar-refractivity contribution in [1.82, 2.24) is 10.3 Å². The molecule has 1 heterocycles. The summed E-state index contributed by atoms with van der Waals surface area (Å²) in [5.74, 6) is 0.575. The second-order valence-corrected chi connectivity index (χ2v) is 7.40. The van der Waals surface area contributed by atoms with Gasteiger partial charge in [0.1, 0.15) is 22.4 Å². The highest BCUT2D eigenvalue weighted by atomic mass is 35.5. The van der Waals surface area contributed by atoms with E-state index in [0.717, 1.165) is 17.2 Å². The summed E-state index contributed by atoms with van der Waals surface area (Å²) in [7, 11) is 0. The van der Waals surface area contributed by atoms with Crippen LogP contribution in [0.3, 0.4) is 0 Å². The predicted octanol–water partition coefficient (Wildman–Crippen LogP) is 4.92. The summed E-state index contributed by atoms with van der Waals surface area (Å²) in [5, 5.41) is 7.37. The van der Waals surface area contributed by atoms with Crippen molar-refractivity contribution in [2.24, 2.45) is 0 Å². The molecular formula is C15H18Cl2N2OS. The largest absolute Gasteiger partial charge is 0.486 e. The minimum Gasteiger partial charge on any atom is -0.486 e. The second-order valence-electron chi connectivity index (χ2n) is 5.68. The Morgan fingerprint density at radius 2 is 2.05 bits per heavy atom. The van der Waals surface area contributed by atoms with Crippen LogP contribution in [0.15, 0.2) is 23.6 Å². The van der Waals surface area contributed by atoms with E-state index in [1.54, 1.807) is 23.5 Å². The fourth-order valence-corrected chi connectivity index (χ4v) is 2.65. The minimum absolute atomic E-state index is 0.0800. The Morgan fingerprint density at radius 3 is 2.76 bits per heavy atom. The number of hydrogen-bond donors (Lipinski definition) is 1. The zero-order valence-electron chi connectivity index (χ0n) is 12.2. The summed E-state index contributed by atoms with van der Waals surface area (Å²) >= 11 is 13.6. The van der Waals surface area contributed by atoms with Gasteiger partial charge < -0.3 is 10.1 Å². The number of benzene rings is 1. The van der Waals surface area contributed by atoms with E-state index in [2.05, 4.69) is 31.1 Å². The molecule has 0 fully saturated rings. The van der Waals surface area contributed by atoms with Crippen LogP contribution in [0.5, 0.6) is 5.75 Å². The Bertz CT molecular complexity index is 608. The number of aromatic nitrogens is 1. The zero-order chi connectivity index (χ0) is 15.5. The maximum atomic E-state index is 6.08. The molecule has 0 unspecified atom stereocenters. The Labute approximate surface area is 139 Å². The van der Waals surface area contributed by atoms with Crippen molar-refractivity contribution < 1.29 is 4.74 Å². The fourth-order valence-electron chi connectivity index (χ4n) is 1.58. The van der Waals surface area contributed by atoms with Crippen molar-refractivity contribution in [2.75, 3.05) is 0 Å². The zero-order valence-corrected chi connectivity index (χ0v) is 14.6. The van der Waals surface area contributed by atoms with E-state index < -0.39 is 0 Å². The molecule has 1 aromatic heterocycles. The Morgan fingerprint density at radius 1 is 1.29 bits per heavy atom. The average molecular weight is 345 g/mol. The van der Waals surface area contributed by atoms with E-state index in [-0.39, 0.29) is 5.54 Å². The molecule has 0 aliphatic carbocycles. The summed E-state index contributed by atoms with van der Waals surface area (Å²) < 4.78 is 5.67. The van der Waals surface area contributed by atoms with E-state index in [1.165, 1.54) is 0 Å². The standard InChI is InChI=1S/C15H18Cl2N2OS/c1-15(2,3)18-7-13-19-10(9-21-13)8-20-12-6-4-5-11(16)14(12)17/h4-6,9,18H,7-8H2,1-3H3. The molecule has 2 aromatic rings. The van der Waals surface area contributed by atoms with Crippen molar-refractivity contribution >= 4 is 34.5 Å². The van der Waals surface area contributed by atoms with Gasteiger partial charge in [0.25, 0.3) is 0 Å².